The third kappa shape index (κ3) is 5.24. The monoisotopic (exact) mass is 383 g/mol. The molecule has 4 fully saturated rings. The molecule has 5 heteroatoms. The summed E-state index contributed by atoms with van der Waals surface area (Å²) in [6, 6.07) is 0. The maximum atomic E-state index is 4.71. The summed E-state index contributed by atoms with van der Waals surface area (Å²) in [5.41, 5.74) is 0.759. The van der Waals surface area contributed by atoms with Gasteiger partial charge >= 0.3 is 18.6 Å². The molecule has 0 bridgehead atoms. The number of rotatable bonds is 0. The van der Waals surface area contributed by atoms with Crippen molar-refractivity contribution in [1.29, 1.82) is 0 Å². The molecule has 141 valence electrons. The van der Waals surface area contributed by atoms with Crippen LogP contribution in [0.1, 0.15) is 81.1 Å². The van der Waals surface area contributed by atoms with Crippen molar-refractivity contribution in [3.63, 3.8) is 0 Å². The molecule has 0 atom stereocenters. The van der Waals surface area contributed by atoms with E-state index < -0.39 is 0 Å². The van der Waals surface area contributed by atoms with E-state index in [1.165, 1.54) is 25.7 Å². The van der Waals surface area contributed by atoms with Crippen LogP contribution in [0.4, 0.5) is 0 Å². The van der Waals surface area contributed by atoms with Crippen molar-refractivity contribution in [3.8, 4) is 0 Å². The van der Waals surface area contributed by atoms with Crippen LogP contribution in [0.3, 0.4) is 0 Å². The molecular weight excluding hydrogens is 347 g/mol. The van der Waals surface area contributed by atoms with Crippen molar-refractivity contribution in [2.75, 3.05) is 0 Å². The zero-order valence-electron chi connectivity index (χ0n) is 17.4. The molecule has 0 unspecified atom stereocenters. The van der Waals surface area contributed by atoms with Crippen molar-refractivity contribution >= 4 is 0 Å². The smallest absolute Gasteiger partial charge is 0.673 e. The van der Waals surface area contributed by atoms with E-state index >= 15 is 0 Å². The molecule has 4 saturated heterocycles. The normalized spacial score (nSPS) is 41.3. The molecule has 0 amide bonds. The molecule has 0 aromatic rings. The molecule has 0 N–H and O–H groups in total. The van der Waals surface area contributed by atoms with Crippen molar-refractivity contribution in [2.45, 2.75) is 116 Å². The zero-order chi connectivity index (χ0) is 18.0. The Morgan fingerprint density at radius 1 is 0.480 bits per heavy atom. The summed E-state index contributed by atoms with van der Waals surface area (Å²) in [5.74, 6) is 1.46. The van der Waals surface area contributed by atoms with E-state index in [-0.39, 0.29) is 40.7 Å². The first-order valence-corrected chi connectivity index (χ1v) is 9.64. The van der Waals surface area contributed by atoms with Gasteiger partial charge in [0.2, 0.25) is 0 Å². The molecule has 0 saturated carbocycles. The van der Waals surface area contributed by atoms with Gasteiger partial charge in [-0.2, -0.15) is 0 Å². The fraction of sp³-hybridized carbons (Fsp3) is 1.00. The van der Waals surface area contributed by atoms with Crippen LogP contribution < -0.4 is 0 Å². The Bertz CT molecular complexity index is 366. The third-order valence-electron chi connectivity index (χ3n) is 5.82. The van der Waals surface area contributed by atoms with Crippen LogP contribution in [0.15, 0.2) is 0 Å². The van der Waals surface area contributed by atoms with E-state index in [0.29, 0.717) is 12.3 Å². The third-order valence-corrected chi connectivity index (χ3v) is 5.82. The van der Waals surface area contributed by atoms with Gasteiger partial charge in [-0.1, -0.05) is 92.9 Å². The van der Waals surface area contributed by atoms with Gasteiger partial charge in [0.05, 0.1) is 0 Å². The van der Waals surface area contributed by atoms with Crippen molar-refractivity contribution in [3.05, 3.63) is 21.3 Å². The maximum absolute atomic E-state index is 4.71. The van der Waals surface area contributed by atoms with Crippen LogP contribution in [-0.4, -0.2) is 34.5 Å². The summed E-state index contributed by atoms with van der Waals surface area (Å²) < 4.78 is 0. The standard InChI is InChI=1S/2C10H18N2.V/c2*1-9(2)5-7-6-10(3,4)12-8(7)11-9;/h2*7-8H,5-6H2,1-4H3;/q2*-2;+4. The second-order valence-electron chi connectivity index (χ2n) is 10.9. The van der Waals surface area contributed by atoms with E-state index in [9.17, 15) is 0 Å². The van der Waals surface area contributed by atoms with Crippen LogP contribution in [0.2, 0.25) is 0 Å². The molecule has 4 heterocycles. The van der Waals surface area contributed by atoms with Crippen LogP contribution >= 0.6 is 0 Å². The van der Waals surface area contributed by atoms with Crippen LogP contribution in [0, 0.1) is 11.8 Å². The van der Waals surface area contributed by atoms with Gasteiger partial charge in [-0.05, 0) is 0 Å². The van der Waals surface area contributed by atoms with Gasteiger partial charge in [0.25, 0.3) is 0 Å². The number of fused-ring (bicyclic) bond motifs is 2. The summed E-state index contributed by atoms with van der Waals surface area (Å²) in [6.07, 6.45) is 5.54. The van der Waals surface area contributed by atoms with Crippen LogP contribution in [-0.2, 0) is 18.6 Å². The summed E-state index contributed by atoms with van der Waals surface area (Å²) in [4.78, 5) is 0. The van der Waals surface area contributed by atoms with E-state index in [1.807, 2.05) is 0 Å². The molecule has 0 spiro atoms. The molecular formula is C20H36N4V. The molecule has 4 rings (SSSR count). The predicted octanol–water partition coefficient (Wildman–Crippen LogP) is 6.08. The van der Waals surface area contributed by atoms with Crippen LogP contribution in [0.25, 0.3) is 21.3 Å². The van der Waals surface area contributed by atoms with E-state index in [2.05, 4.69) is 55.4 Å². The van der Waals surface area contributed by atoms with E-state index in [0.717, 1.165) is 11.8 Å². The summed E-state index contributed by atoms with van der Waals surface area (Å²) in [6.45, 7) is 17.7. The Morgan fingerprint density at radius 2 is 0.680 bits per heavy atom. The minimum absolute atomic E-state index is 0. The quantitative estimate of drug-likeness (QED) is 0.487. The molecule has 4 nitrogen and oxygen atoms in total. The van der Waals surface area contributed by atoms with Gasteiger partial charge in [-0.25, -0.2) is 12.3 Å². The molecule has 0 aromatic carbocycles. The SMILES string of the molecule is CC1(C)CC2CC(C)(C)[N-]C2[N-]1.CC1(C)CC2CC(C)(C)[N-]C2[N-]1.[V+4]. The van der Waals surface area contributed by atoms with Crippen molar-refractivity contribution < 1.29 is 18.6 Å². The largest absolute Gasteiger partial charge is 4.00 e. The molecule has 0 aromatic heterocycles. The van der Waals surface area contributed by atoms with Gasteiger partial charge in [0, 0.05) is 0 Å². The van der Waals surface area contributed by atoms with Gasteiger partial charge in [0.1, 0.15) is 0 Å². The molecule has 4 aliphatic heterocycles. The topological polar surface area (TPSA) is 56.4 Å². The second kappa shape index (κ2) is 6.79. The summed E-state index contributed by atoms with van der Waals surface area (Å²) in [7, 11) is 0. The molecule has 4 aliphatic rings. The predicted molar refractivity (Wildman–Crippen MR) is 103 cm³/mol. The Kier molecular flexibility index (Phi) is 5.90. The first-order valence-electron chi connectivity index (χ1n) is 9.64. The maximum Gasteiger partial charge on any atom is 4.00 e. The summed E-state index contributed by atoms with van der Waals surface area (Å²) in [5, 5.41) is 18.8. The minimum Gasteiger partial charge on any atom is -0.673 e. The average Bonchev–Trinajstić information content (AvgIpc) is 2.89. The van der Waals surface area contributed by atoms with Gasteiger partial charge in [-0.15, -0.1) is 22.2 Å². The Hall–Kier alpha value is 0.424. The summed E-state index contributed by atoms with van der Waals surface area (Å²) >= 11 is 0. The molecule has 1 radical (unpaired) electrons. The van der Waals surface area contributed by atoms with E-state index in [4.69, 9.17) is 21.3 Å². The molecule has 25 heavy (non-hydrogen) atoms. The Balaban J connectivity index is 0.000000173. The minimum atomic E-state index is 0. The van der Waals surface area contributed by atoms with Gasteiger partial charge in [0.15, 0.2) is 0 Å². The average molecular weight is 383 g/mol. The fourth-order valence-corrected chi connectivity index (χ4v) is 5.25. The van der Waals surface area contributed by atoms with E-state index in [1.54, 1.807) is 0 Å². The first kappa shape index (κ1) is 21.7. The Labute approximate surface area is 167 Å². The van der Waals surface area contributed by atoms with Gasteiger partial charge < -0.3 is 21.3 Å². The number of hydrogen-bond donors (Lipinski definition) is 0. The zero-order valence-corrected chi connectivity index (χ0v) is 18.8. The first-order chi connectivity index (χ1) is 10.8. The number of hydrogen-bond acceptors (Lipinski definition) is 0. The van der Waals surface area contributed by atoms with Crippen LogP contribution in [0.5, 0.6) is 0 Å². The van der Waals surface area contributed by atoms with Crippen molar-refractivity contribution in [2.24, 2.45) is 11.8 Å². The Morgan fingerprint density at radius 3 is 0.840 bits per heavy atom. The van der Waals surface area contributed by atoms with Gasteiger partial charge in [-0.3, -0.25) is 0 Å². The van der Waals surface area contributed by atoms with Crippen molar-refractivity contribution in [1.82, 2.24) is 0 Å². The number of nitrogens with zero attached hydrogens (tertiary/aromatic N) is 4. The second-order valence-corrected chi connectivity index (χ2v) is 10.9. The molecule has 0 aliphatic carbocycles. The fourth-order valence-electron chi connectivity index (χ4n) is 5.25.